The first-order valence-corrected chi connectivity index (χ1v) is 7.31. The minimum Gasteiger partial charge on any atom is -0.377 e. The molecule has 1 unspecified atom stereocenters. The largest absolute Gasteiger partial charge is 0.500 e. The van der Waals surface area contributed by atoms with E-state index in [1.807, 2.05) is 18.2 Å². The molecule has 1 aromatic rings. The molecule has 0 aliphatic carbocycles. The molecule has 1 atom stereocenters. The number of benzene rings is 1. The average Bonchev–Trinajstić information content (AvgIpc) is 2.37. The summed E-state index contributed by atoms with van der Waals surface area (Å²) in [5, 5.41) is 0. The lowest BCUT2D eigenvalue weighted by Gasteiger charge is -2.27. The van der Waals surface area contributed by atoms with Gasteiger partial charge in [-0.1, -0.05) is 37.3 Å². The molecule has 0 radical (unpaired) electrons. The lowest BCUT2D eigenvalue weighted by atomic mass is 10.0. The number of hydrogen-bond donors (Lipinski definition) is 0. The van der Waals surface area contributed by atoms with Crippen molar-refractivity contribution in [2.45, 2.75) is 18.9 Å². The standard InChI is InChI=1S/C12H20O3Si/c1-11(12-8-6-5-7-9-12)10-16(13-2,14-3)15-4/h5-9,11H,10H2,1-4H3. The molecule has 0 aliphatic heterocycles. The third-order valence-corrected chi connectivity index (χ3v) is 5.84. The zero-order chi connectivity index (χ0) is 12.0. The second-order valence-corrected chi connectivity index (χ2v) is 6.81. The molecule has 0 fully saturated rings. The van der Waals surface area contributed by atoms with Crippen LogP contribution in [0.25, 0.3) is 0 Å². The van der Waals surface area contributed by atoms with Crippen LogP contribution in [-0.2, 0) is 13.3 Å². The molecule has 0 saturated heterocycles. The summed E-state index contributed by atoms with van der Waals surface area (Å²) in [6.07, 6.45) is 0. The quantitative estimate of drug-likeness (QED) is 0.716. The Morgan fingerprint density at radius 2 is 1.50 bits per heavy atom. The van der Waals surface area contributed by atoms with Gasteiger partial charge in [0.2, 0.25) is 0 Å². The van der Waals surface area contributed by atoms with E-state index in [-0.39, 0.29) is 0 Å². The van der Waals surface area contributed by atoms with Crippen LogP contribution < -0.4 is 0 Å². The predicted molar refractivity (Wildman–Crippen MR) is 66.4 cm³/mol. The van der Waals surface area contributed by atoms with Crippen LogP contribution in [0.1, 0.15) is 18.4 Å². The number of rotatable bonds is 6. The fourth-order valence-corrected chi connectivity index (χ4v) is 3.76. The van der Waals surface area contributed by atoms with Gasteiger partial charge >= 0.3 is 8.80 Å². The zero-order valence-corrected chi connectivity index (χ0v) is 11.4. The summed E-state index contributed by atoms with van der Waals surface area (Å²) in [5.74, 6) is 0.368. The molecule has 3 nitrogen and oxygen atoms in total. The predicted octanol–water partition coefficient (Wildman–Crippen LogP) is 2.67. The molecule has 0 N–H and O–H groups in total. The normalized spacial score (nSPS) is 13.8. The van der Waals surface area contributed by atoms with Gasteiger partial charge in [0.25, 0.3) is 0 Å². The van der Waals surface area contributed by atoms with E-state index in [9.17, 15) is 0 Å². The van der Waals surface area contributed by atoms with Gasteiger partial charge < -0.3 is 13.3 Å². The molecule has 0 amide bonds. The lowest BCUT2D eigenvalue weighted by molar-refractivity contribution is 0.122. The van der Waals surface area contributed by atoms with Crippen molar-refractivity contribution in [3.05, 3.63) is 35.9 Å². The summed E-state index contributed by atoms with van der Waals surface area (Å²) in [6, 6.07) is 11.1. The van der Waals surface area contributed by atoms with Gasteiger partial charge in [0, 0.05) is 27.4 Å². The fourth-order valence-electron chi connectivity index (χ4n) is 1.77. The summed E-state index contributed by atoms with van der Waals surface area (Å²) in [5.41, 5.74) is 1.28. The zero-order valence-electron chi connectivity index (χ0n) is 10.4. The molecule has 0 heterocycles. The highest BCUT2D eigenvalue weighted by Gasteiger charge is 2.39. The summed E-state index contributed by atoms with van der Waals surface area (Å²) >= 11 is 0. The molecule has 0 bridgehead atoms. The van der Waals surface area contributed by atoms with Gasteiger partial charge in [0.05, 0.1) is 0 Å². The highest BCUT2D eigenvalue weighted by atomic mass is 28.4. The van der Waals surface area contributed by atoms with Gasteiger partial charge in [-0.05, 0) is 11.5 Å². The van der Waals surface area contributed by atoms with Crippen LogP contribution in [0.4, 0.5) is 0 Å². The Morgan fingerprint density at radius 1 is 1.00 bits per heavy atom. The average molecular weight is 240 g/mol. The van der Waals surface area contributed by atoms with Gasteiger partial charge in [-0.25, -0.2) is 0 Å². The first-order chi connectivity index (χ1) is 7.67. The van der Waals surface area contributed by atoms with Crippen molar-refractivity contribution in [2.75, 3.05) is 21.3 Å². The third kappa shape index (κ3) is 3.15. The lowest BCUT2D eigenvalue weighted by Crippen LogP contribution is -2.43. The van der Waals surface area contributed by atoms with Crippen LogP contribution in [-0.4, -0.2) is 30.1 Å². The Balaban J connectivity index is 2.73. The van der Waals surface area contributed by atoms with E-state index in [0.29, 0.717) is 5.92 Å². The Labute approximate surface area is 98.7 Å². The number of hydrogen-bond acceptors (Lipinski definition) is 3. The van der Waals surface area contributed by atoms with E-state index in [1.54, 1.807) is 21.3 Å². The summed E-state index contributed by atoms with van der Waals surface area (Å²) in [6.45, 7) is 2.16. The first-order valence-electron chi connectivity index (χ1n) is 5.38. The SMILES string of the molecule is CO[Si](CC(C)c1ccccc1)(OC)OC. The van der Waals surface area contributed by atoms with E-state index < -0.39 is 8.80 Å². The van der Waals surface area contributed by atoms with Crippen LogP contribution in [0.3, 0.4) is 0 Å². The second kappa shape index (κ2) is 6.15. The summed E-state index contributed by atoms with van der Waals surface area (Å²) in [7, 11) is 2.49. The minimum atomic E-state index is -2.46. The van der Waals surface area contributed by atoms with Crippen LogP contribution in [0.15, 0.2) is 30.3 Å². The molecule has 0 aliphatic rings. The van der Waals surface area contributed by atoms with Crippen molar-refractivity contribution in [3.8, 4) is 0 Å². The van der Waals surface area contributed by atoms with Gasteiger partial charge in [0.1, 0.15) is 0 Å². The molecule has 0 aromatic heterocycles. The minimum absolute atomic E-state index is 0.368. The van der Waals surface area contributed by atoms with Crippen LogP contribution in [0.5, 0.6) is 0 Å². The topological polar surface area (TPSA) is 27.7 Å². The smallest absolute Gasteiger partial charge is 0.377 e. The van der Waals surface area contributed by atoms with E-state index in [0.717, 1.165) is 6.04 Å². The fraction of sp³-hybridized carbons (Fsp3) is 0.500. The molecule has 4 heteroatoms. The van der Waals surface area contributed by atoms with Crippen LogP contribution in [0.2, 0.25) is 6.04 Å². The van der Waals surface area contributed by atoms with Crippen LogP contribution >= 0.6 is 0 Å². The maximum absolute atomic E-state index is 5.42. The van der Waals surface area contributed by atoms with Crippen molar-refractivity contribution >= 4 is 8.80 Å². The molecule has 1 aromatic carbocycles. The van der Waals surface area contributed by atoms with Crippen molar-refractivity contribution in [3.63, 3.8) is 0 Å². The van der Waals surface area contributed by atoms with E-state index in [1.165, 1.54) is 5.56 Å². The third-order valence-electron chi connectivity index (χ3n) is 2.86. The molecular formula is C12H20O3Si. The van der Waals surface area contributed by atoms with Gasteiger partial charge in [0.15, 0.2) is 0 Å². The Hall–Kier alpha value is -0.683. The highest BCUT2D eigenvalue weighted by Crippen LogP contribution is 2.27. The molecule has 90 valence electrons. The van der Waals surface area contributed by atoms with E-state index in [2.05, 4.69) is 19.1 Å². The molecule has 16 heavy (non-hydrogen) atoms. The maximum atomic E-state index is 5.42. The van der Waals surface area contributed by atoms with Crippen LogP contribution in [0, 0.1) is 0 Å². The highest BCUT2D eigenvalue weighted by molar-refractivity contribution is 6.60. The molecule has 0 saturated carbocycles. The molecule has 1 rings (SSSR count). The van der Waals surface area contributed by atoms with E-state index in [4.69, 9.17) is 13.3 Å². The summed E-state index contributed by atoms with van der Waals surface area (Å²) in [4.78, 5) is 0. The Kier molecular flexibility index (Phi) is 5.14. The van der Waals surface area contributed by atoms with Crippen molar-refractivity contribution in [1.82, 2.24) is 0 Å². The van der Waals surface area contributed by atoms with E-state index >= 15 is 0 Å². The maximum Gasteiger partial charge on any atom is 0.500 e. The summed E-state index contributed by atoms with van der Waals surface area (Å²) < 4.78 is 16.3. The van der Waals surface area contributed by atoms with Crippen molar-refractivity contribution in [1.29, 1.82) is 0 Å². The van der Waals surface area contributed by atoms with Crippen molar-refractivity contribution in [2.24, 2.45) is 0 Å². The van der Waals surface area contributed by atoms with Gasteiger partial charge in [-0.2, -0.15) is 0 Å². The first kappa shape index (κ1) is 13.4. The Bertz CT molecular complexity index is 290. The molecular weight excluding hydrogens is 220 g/mol. The van der Waals surface area contributed by atoms with Gasteiger partial charge in [-0.15, -0.1) is 0 Å². The second-order valence-electron chi connectivity index (χ2n) is 3.81. The Morgan fingerprint density at radius 3 is 1.94 bits per heavy atom. The van der Waals surface area contributed by atoms with Crippen molar-refractivity contribution < 1.29 is 13.3 Å². The molecule has 0 spiro atoms. The van der Waals surface area contributed by atoms with Gasteiger partial charge in [-0.3, -0.25) is 0 Å². The monoisotopic (exact) mass is 240 g/mol.